The number of hydrogen-bond acceptors (Lipinski definition) is 3. The summed E-state index contributed by atoms with van der Waals surface area (Å²) in [5.41, 5.74) is 1.93. The number of rotatable bonds is 3. The van der Waals surface area contributed by atoms with Crippen molar-refractivity contribution in [2.45, 2.75) is 6.54 Å². The summed E-state index contributed by atoms with van der Waals surface area (Å²) < 4.78 is 26.3. The highest BCUT2D eigenvalue weighted by Gasteiger charge is 2.04. The van der Waals surface area contributed by atoms with Crippen LogP contribution >= 0.6 is 0 Å². The largest absolute Gasteiger partial charge is 0.365 e. The number of fused-ring (bicyclic) bond motifs is 1. The van der Waals surface area contributed by atoms with E-state index in [1.807, 2.05) is 24.3 Å². The average molecular weight is 271 g/mol. The molecule has 3 aromatic rings. The maximum Gasteiger partial charge on any atom is 0.145 e. The van der Waals surface area contributed by atoms with Gasteiger partial charge in [-0.2, -0.15) is 0 Å². The van der Waals surface area contributed by atoms with Gasteiger partial charge in [-0.3, -0.25) is 4.98 Å². The number of halogens is 2. The molecule has 0 amide bonds. The summed E-state index contributed by atoms with van der Waals surface area (Å²) in [5, 5.41) is 2.98. The minimum Gasteiger partial charge on any atom is -0.365 e. The van der Waals surface area contributed by atoms with E-state index >= 15 is 0 Å². The first-order valence-electron chi connectivity index (χ1n) is 6.12. The van der Waals surface area contributed by atoms with Gasteiger partial charge < -0.3 is 5.32 Å². The smallest absolute Gasteiger partial charge is 0.145 e. The van der Waals surface area contributed by atoms with Gasteiger partial charge in [0.05, 0.1) is 17.2 Å². The van der Waals surface area contributed by atoms with E-state index in [0.717, 1.165) is 17.1 Å². The summed E-state index contributed by atoms with van der Waals surface area (Å²) in [6.07, 6.45) is 1.59. The molecule has 20 heavy (non-hydrogen) atoms. The molecular weight excluding hydrogens is 260 g/mol. The van der Waals surface area contributed by atoms with E-state index in [2.05, 4.69) is 15.3 Å². The van der Waals surface area contributed by atoms with Crippen LogP contribution in [0.4, 0.5) is 14.6 Å². The van der Waals surface area contributed by atoms with Crippen LogP contribution in [-0.2, 0) is 6.54 Å². The Labute approximate surface area is 114 Å². The number of aromatic nitrogens is 2. The number of hydrogen-bond donors (Lipinski definition) is 1. The first-order valence-corrected chi connectivity index (χ1v) is 6.12. The van der Waals surface area contributed by atoms with Crippen molar-refractivity contribution in [2.75, 3.05) is 5.32 Å². The Bertz CT molecular complexity index is 759. The summed E-state index contributed by atoms with van der Waals surface area (Å²) in [4.78, 5) is 8.62. The van der Waals surface area contributed by atoms with Crippen molar-refractivity contribution in [3.8, 4) is 0 Å². The minimum atomic E-state index is -0.586. The molecule has 0 aliphatic rings. The van der Waals surface area contributed by atoms with Gasteiger partial charge in [0.25, 0.3) is 0 Å². The van der Waals surface area contributed by atoms with Crippen molar-refractivity contribution < 1.29 is 8.78 Å². The van der Waals surface area contributed by atoms with Crippen LogP contribution in [0.3, 0.4) is 0 Å². The molecule has 0 aliphatic heterocycles. The van der Waals surface area contributed by atoms with Crippen molar-refractivity contribution >= 4 is 16.9 Å². The molecule has 0 atom stereocenters. The van der Waals surface area contributed by atoms with E-state index in [-0.39, 0.29) is 6.54 Å². The van der Waals surface area contributed by atoms with Gasteiger partial charge in [0.15, 0.2) is 0 Å². The molecular formula is C15H11F2N3. The van der Waals surface area contributed by atoms with Crippen LogP contribution in [0.1, 0.15) is 5.56 Å². The Morgan fingerprint density at radius 2 is 1.80 bits per heavy atom. The molecule has 1 aromatic heterocycles. The second kappa shape index (κ2) is 5.21. The number of nitrogens with zero attached hydrogens (tertiary/aromatic N) is 2. The highest BCUT2D eigenvalue weighted by molar-refractivity contribution is 5.75. The lowest BCUT2D eigenvalue weighted by molar-refractivity contribution is 0.574. The van der Waals surface area contributed by atoms with E-state index in [0.29, 0.717) is 11.4 Å². The lowest BCUT2D eigenvalue weighted by Gasteiger charge is -2.07. The predicted molar refractivity (Wildman–Crippen MR) is 73.2 cm³/mol. The summed E-state index contributed by atoms with van der Waals surface area (Å²) in [5.74, 6) is -0.615. The van der Waals surface area contributed by atoms with E-state index in [1.165, 1.54) is 12.1 Å². The molecule has 0 radical (unpaired) electrons. The normalized spacial score (nSPS) is 10.7. The Hall–Kier alpha value is -2.56. The summed E-state index contributed by atoms with van der Waals surface area (Å²) >= 11 is 0. The molecule has 5 heteroatoms. The fraction of sp³-hybridized carbons (Fsp3) is 0.0667. The van der Waals surface area contributed by atoms with Gasteiger partial charge in [-0.05, 0) is 18.2 Å². The minimum absolute atomic E-state index is 0.221. The molecule has 1 N–H and O–H groups in total. The SMILES string of the molecule is Fc1ccc(CNc2cnc3ccccc3n2)c(F)c1. The lowest BCUT2D eigenvalue weighted by atomic mass is 10.2. The number of benzene rings is 2. The molecule has 100 valence electrons. The number of nitrogens with one attached hydrogen (secondary N) is 1. The summed E-state index contributed by atoms with van der Waals surface area (Å²) in [6, 6.07) is 11.0. The average Bonchev–Trinajstić information content (AvgIpc) is 2.46. The third-order valence-electron chi connectivity index (χ3n) is 2.92. The quantitative estimate of drug-likeness (QED) is 0.792. The van der Waals surface area contributed by atoms with E-state index in [9.17, 15) is 8.78 Å². The monoisotopic (exact) mass is 271 g/mol. The van der Waals surface area contributed by atoms with Crippen molar-refractivity contribution in [3.05, 3.63) is 65.9 Å². The molecule has 0 fully saturated rings. The molecule has 0 aliphatic carbocycles. The van der Waals surface area contributed by atoms with Crippen molar-refractivity contribution in [1.29, 1.82) is 0 Å². The molecule has 3 rings (SSSR count). The molecule has 1 heterocycles. The van der Waals surface area contributed by atoms with Crippen LogP contribution < -0.4 is 5.32 Å². The zero-order chi connectivity index (χ0) is 13.9. The Balaban J connectivity index is 1.79. The maximum absolute atomic E-state index is 13.5. The zero-order valence-electron chi connectivity index (χ0n) is 10.5. The van der Waals surface area contributed by atoms with Crippen molar-refractivity contribution in [3.63, 3.8) is 0 Å². The molecule has 0 unspecified atom stereocenters. The van der Waals surface area contributed by atoms with Gasteiger partial charge in [0.2, 0.25) is 0 Å². The molecule has 3 nitrogen and oxygen atoms in total. The first-order chi connectivity index (χ1) is 9.72. The van der Waals surface area contributed by atoms with Gasteiger partial charge in [-0.15, -0.1) is 0 Å². The van der Waals surface area contributed by atoms with Gasteiger partial charge in [0.1, 0.15) is 17.5 Å². The van der Waals surface area contributed by atoms with Crippen molar-refractivity contribution in [2.24, 2.45) is 0 Å². The van der Waals surface area contributed by atoms with Gasteiger partial charge >= 0.3 is 0 Å². The van der Waals surface area contributed by atoms with Crippen LogP contribution in [0.25, 0.3) is 11.0 Å². The Morgan fingerprint density at radius 3 is 2.60 bits per heavy atom. The topological polar surface area (TPSA) is 37.8 Å². The second-order valence-electron chi connectivity index (χ2n) is 4.33. The van der Waals surface area contributed by atoms with Crippen LogP contribution in [0.2, 0.25) is 0 Å². The predicted octanol–water partition coefficient (Wildman–Crippen LogP) is 3.52. The lowest BCUT2D eigenvalue weighted by Crippen LogP contribution is -2.04. The van der Waals surface area contributed by atoms with Gasteiger partial charge in [0, 0.05) is 18.2 Å². The van der Waals surface area contributed by atoms with E-state index in [4.69, 9.17) is 0 Å². The van der Waals surface area contributed by atoms with E-state index < -0.39 is 11.6 Å². The third-order valence-corrected chi connectivity index (χ3v) is 2.92. The Kier molecular flexibility index (Phi) is 3.25. The fourth-order valence-electron chi connectivity index (χ4n) is 1.89. The molecule has 0 bridgehead atoms. The fourth-order valence-corrected chi connectivity index (χ4v) is 1.89. The first kappa shape index (κ1) is 12.5. The number of para-hydroxylation sites is 2. The Morgan fingerprint density at radius 1 is 1.00 bits per heavy atom. The number of anilines is 1. The summed E-state index contributed by atoms with van der Waals surface area (Å²) in [7, 11) is 0. The highest BCUT2D eigenvalue weighted by Crippen LogP contribution is 2.14. The van der Waals surface area contributed by atoms with Crippen LogP contribution in [0, 0.1) is 11.6 Å². The van der Waals surface area contributed by atoms with Gasteiger partial charge in [-0.25, -0.2) is 13.8 Å². The standard InChI is InChI=1S/C15H11F2N3/c16-11-6-5-10(12(17)7-11)8-19-15-9-18-13-3-1-2-4-14(13)20-15/h1-7,9H,8H2,(H,19,20). The molecule has 0 spiro atoms. The van der Waals surface area contributed by atoms with Crippen LogP contribution in [0.5, 0.6) is 0 Å². The van der Waals surface area contributed by atoms with Crippen molar-refractivity contribution in [1.82, 2.24) is 9.97 Å². The maximum atomic E-state index is 13.5. The molecule has 2 aromatic carbocycles. The van der Waals surface area contributed by atoms with E-state index in [1.54, 1.807) is 6.20 Å². The summed E-state index contributed by atoms with van der Waals surface area (Å²) in [6.45, 7) is 0.221. The highest BCUT2D eigenvalue weighted by atomic mass is 19.1. The van der Waals surface area contributed by atoms with Crippen LogP contribution in [-0.4, -0.2) is 9.97 Å². The molecule has 0 saturated carbocycles. The zero-order valence-corrected chi connectivity index (χ0v) is 10.5. The third kappa shape index (κ3) is 2.56. The van der Waals surface area contributed by atoms with Gasteiger partial charge in [-0.1, -0.05) is 18.2 Å². The van der Waals surface area contributed by atoms with Crippen LogP contribution in [0.15, 0.2) is 48.7 Å². The second-order valence-corrected chi connectivity index (χ2v) is 4.33. The molecule has 0 saturated heterocycles.